The summed E-state index contributed by atoms with van der Waals surface area (Å²) in [5, 5.41) is 9.27. The lowest BCUT2D eigenvalue weighted by Gasteiger charge is -2.42. The van der Waals surface area contributed by atoms with Crippen LogP contribution in [0.5, 0.6) is 0 Å². The van der Waals surface area contributed by atoms with Crippen LogP contribution < -0.4 is 0 Å². The first-order valence-electron chi connectivity index (χ1n) is 8.22. The number of carbonyl (C=O) groups excluding carboxylic acids is 1. The molecule has 4 atom stereocenters. The van der Waals surface area contributed by atoms with Crippen molar-refractivity contribution >= 4 is 11.9 Å². The molecule has 2 aliphatic carbocycles. The van der Waals surface area contributed by atoms with Crippen molar-refractivity contribution in [3.8, 4) is 0 Å². The van der Waals surface area contributed by atoms with E-state index in [1.807, 2.05) is 0 Å². The average Bonchev–Trinajstić information content (AvgIpc) is 2.95. The summed E-state index contributed by atoms with van der Waals surface area (Å²) in [4.78, 5) is 25.8. The van der Waals surface area contributed by atoms with Gasteiger partial charge in [-0.15, -0.1) is 0 Å². The lowest BCUT2D eigenvalue weighted by Crippen LogP contribution is -2.47. The first kappa shape index (κ1) is 13.9. The second kappa shape index (κ2) is 5.74. The molecule has 20 heavy (non-hydrogen) atoms. The predicted molar refractivity (Wildman–Crippen MR) is 75.2 cm³/mol. The van der Waals surface area contributed by atoms with Crippen LogP contribution in [0, 0.1) is 17.8 Å². The number of likely N-dealkylation sites (tertiary alicyclic amines) is 1. The summed E-state index contributed by atoms with van der Waals surface area (Å²) in [6.07, 6.45) is 9.86. The van der Waals surface area contributed by atoms with E-state index in [1.165, 1.54) is 32.1 Å². The molecule has 0 aromatic carbocycles. The van der Waals surface area contributed by atoms with Gasteiger partial charge in [-0.2, -0.15) is 0 Å². The number of carboxylic acids is 1. The van der Waals surface area contributed by atoms with Gasteiger partial charge in [-0.3, -0.25) is 4.79 Å². The summed E-state index contributed by atoms with van der Waals surface area (Å²) in [7, 11) is 0. The first-order chi connectivity index (χ1) is 9.68. The number of amides is 1. The second-order valence-corrected chi connectivity index (χ2v) is 6.77. The van der Waals surface area contributed by atoms with Crippen LogP contribution in [-0.2, 0) is 9.59 Å². The number of hydrogen-bond acceptors (Lipinski definition) is 2. The number of carbonyl (C=O) groups is 2. The minimum atomic E-state index is -0.827. The van der Waals surface area contributed by atoms with Gasteiger partial charge in [0.2, 0.25) is 5.91 Å². The van der Waals surface area contributed by atoms with Crippen LogP contribution in [0.1, 0.15) is 57.8 Å². The number of rotatable bonds is 2. The smallest absolute Gasteiger partial charge is 0.326 e. The van der Waals surface area contributed by atoms with Gasteiger partial charge in [0.25, 0.3) is 0 Å². The van der Waals surface area contributed by atoms with Crippen LogP contribution in [0.2, 0.25) is 0 Å². The minimum Gasteiger partial charge on any atom is -0.480 e. The fourth-order valence-corrected chi connectivity index (χ4v) is 4.75. The first-order valence-corrected chi connectivity index (χ1v) is 8.22. The summed E-state index contributed by atoms with van der Waals surface area (Å²) in [6.45, 7) is 0.643. The van der Waals surface area contributed by atoms with Gasteiger partial charge in [0.05, 0.1) is 0 Å². The van der Waals surface area contributed by atoms with Crippen molar-refractivity contribution in [1.82, 2.24) is 4.90 Å². The molecule has 4 unspecified atom stereocenters. The molecule has 3 aliphatic rings. The Labute approximate surface area is 120 Å². The Kier molecular flexibility index (Phi) is 3.99. The highest BCUT2D eigenvalue weighted by Gasteiger charge is 2.43. The van der Waals surface area contributed by atoms with Gasteiger partial charge in [-0.05, 0) is 37.5 Å². The Bertz CT molecular complexity index is 393. The quantitative estimate of drug-likeness (QED) is 0.845. The lowest BCUT2D eigenvalue weighted by molar-refractivity contribution is -0.152. The third kappa shape index (κ3) is 2.45. The fourth-order valence-electron chi connectivity index (χ4n) is 4.75. The fraction of sp³-hybridized carbons (Fsp3) is 0.875. The van der Waals surface area contributed by atoms with Gasteiger partial charge < -0.3 is 10.0 Å². The van der Waals surface area contributed by atoms with Gasteiger partial charge >= 0.3 is 5.97 Å². The van der Waals surface area contributed by atoms with E-state index in [-0.39, 0.29) is 11.8 Å². The minimum absolute atomic E-state index is 0.106. The highest BCUT2D eigenvalue weighted by molar-refractivity contribution is 5.86. The van der Waals surface area contributed by atoms with E-state index >= 15 is 0 Å². The highest BCUT2D eigenvalue weighted by atomic mass is 16.4. The van der Waals surface area contributed by atoms with Crippen molar-refractivity contribution < 1.29 is 14.7 Å². The Morgan fingerprint density at radius 3 is 2.45 bits per heavy atom. The maximum Gasteiger partial charge on any atom is 0.326 e. The molecule has 1 saturated heterocycles. The van der Waals surface area contributed by atoms with Crippen LogP contribution >= 0.6 is 0 Å². The van der Waals surface area contributed by atoms with Crippen LogP contribution in [0.25, 0.3) is 0 Å². The molecule has 4 nitrogen and oxygen atoms in total. The average molecular weight is 279 g/mol. The molecule has 1 aliphatic heterocycles. The number of nitrogens with zero attached hydrogens (tertiary/aromatic N) is 1. The SMILES string of the molecule is O=C(O)C1CCCN1C(=O)C1CCCC2CCCCC21. The zero-order chi connectivity index (χ0) is 14.1. The Balaban J connectivity index is 1.73. The van der Waals surface area contributed by atoms with Crippen LogP contribution in [0.3, 0.4) is 0 Å². The van der Waals surface area contributed by atoms with Crippen molar-refractivity contribution in [3.63, 3.8) is 0 Å². The molecule has 3 rings (SSSR count). The van der Waals surface area contributed by atoms with E-state index in [4.69, 9.17) is 0 Å². The maximum atomic E-state index is 12.8. The van der Waals surface area contributed by atoms with Gasteiger partial charge in [0.15, 0.2) is 0 Å². The molecule has 0 spiro atoms. The van der Waals surface area contributed by atoms with E-state index in [0.717, 1.165) is 25.2 Å². The van der Waals surface area contributed by atoms with Crippen molar-refractivity contribution in [1.29, 1.82) is 0 Å². The lowest BCUT2D eigenvalue weighted by atomic mass is 9.65. The van der Waals surface area contributed by atoms with Gasteiger partial charge in [-0.25, -0.2) is 4.79 Å². The molecule has 3 fully saturated rings. The van der Waals surface area contributed by atoms with Crippen molar-refractivity contribution in [3.05, 3.63) is 0 Å². The molecule has 1 N–H and O–H groups in total. The van der Waals surface area contributed by atoms with E-state index in [0.29, 0.717) is 18.9 Å². The molecule has 1 heterocycles. The van der Waals surface area contributed by atoms with Crippen LogP contribution in [-0.4, -0.2) is 34.5 Å². The second-order valence-electron chi connectivity index (χ2n) is 6.77. The third-order valence-electron chi connectivity index (χ3n) is 5.71. The largest absolute Gasteiger partial charge is 0.480 e. The molecule has 2 saturated carbocycles. The zero-order valence-electron chi connectivity index (χ0n) is 12.1. The van der Waals surface area contributed by atoms with Gasteiger partial charge in [0, 0.05) is 12.5 Å². The number of carboxylic acid groups (broad SMARTS) is 1. The molecule has 112 valence electrons. The van der Waals surface area contributed by atoms with E-state index in [2.05, 4.69) is 0 Å². The highest BCUT2D eigenvalue weighted by Crippen LogP contribution is 2.44. The molecule has 0 radical (unpaired) electrons. The standard InChI is InChI=1S/C16H25NO3/c18-15(17-10-4-9-14(17)16(19)20)13-8-3-6-11-5-1-2-7-12(11)13/h11-14H,1-10H2,(H,19,20). The number of aliphatic carboxylic acids is 1. The number of hydrogen-bond donors (Lipinski definition) is 1. The van der Waals surface area contributed by atoms with Crippen molar-refractivity contribution in [2.24, 2.45) is 17.8 Å². The van der Waals surface area contributed by atoms with E-state index in [1.54, 1.807) is 4.90 Å². The van der Waals surface area contributed by atoms with Crippen LogP contribution in [0.4, 0.5) is 0 Å². The normalized spacial score (nSPS) is 37.5. The molecule has 0 aromatic heterocycles. The third-order valence-corrected chi connectivity index (χ3v) is 5.71. The summed E-state index contributed by atoms with van der Waals surface area (Å²) >= 11 is 0. The predicted octanol–water partition coefficient (Wildman–Crippen LogP) is 2.67. The molecular weight excluding hydrogens is 254 g/mol. The summed E-state index contributed by atoms with van der Waals surface area (Å²) in [6, 6.07) is -0.563. The topological polar surface area (TPSA) is 57.6 Å². The van der Waals surface area contributed by atoms with Crippen molar-refractivity contribution in [2.75, 3.05) is 6.54 Å². The number of fused-ring (bicyclic) bond motifs is 1. The van der Waals surface area contributed by atoms with Gasteiger partial charge in [-0.1, -0.05) is 32.1 Å². The summed E-state index contributed by atoms with van der Waals surface area (Å²) < 4.78 is 0. The Morgan fingerprint density at radius 1 is 0.900 bits per heavy atom. The van der Waals surface area contributed by atoms with Crippen molar-refractivity contribution in [2.45, 2.75) is 63.8 Å². The van der Waals surface area contributed by atoms with Crippen LogP contribution in [0.15, 0.2) is 0 Å². The monoisotopic (exact) mass is 279 g/mol. The molecular formula is C16H25NO3. The van der Waals surface area contributed by atoms with E-state index < -0.39 is 12.0 Å². The molecule has 1 amide bonds. The maximum absolute atomic E-state index is 12.8. The van der Waals surface area contributed by atoms with Gasteiger partial charge in [0.1, 0.15) is 6.04 Å². The molecule has 4 heteroatoms. The molecule has 0 aromatic rings. The Hall–Kier alpha value is -1.06. The summed E-state index contributed by atoms with van der Waals surface area (Å²) in [5.74, 6) is 0.671. The van der Waals surface area contributed by atoms with E-state index in [9.17, 15) is 14.7 Å². The molecule has 0 bridgehead atoms. The summed E-state index contributed by atoms with van der Waals surface area (Å²) in [5.41, 5.74) is 0. The Morgan fingerprint density at radius 2 is 1.65 bits per heavy atom. The zero-order valence-corrected chi connectivity index (χ0v) is 12.1.